The van der Waals surface area contributed by atoms with Crippen LogP contribution in [0.2, 0.25) is 0 Å². The first-order valence-electron chi connectivity index (χ1n) is 14.8. The molecule has 3 aromatic rings. The molecule has 4 nitrogen and oxygen atoms in total. The molecule has 1 saturated heterocycles. The van der Waals surface area contributed by atoms with E-state index in [-0.39, 0.29) is 29.4 Å². The predicted octanol–water partition coefficient (Wildman–Crippen LogP) is 7.15. The summed E-state index contributed by atoms with van der Waals surface area (Å²) in [4.78, 5) is 1.85. The number of nitrogens with one attached hydrogen (secondary N) is 1. The first-order chi connectivity index (χ1) is 19.7. The predicted molar refractivity (Wildman–Crippen MR) is 154 cm³/mol. The topological polar surface area (TPSA) is 33.7 Å². The molecular formula is C34H39F3N2O2. The molecule has 3 aromatic carbocycles. The van der Waals surface area contributed by atoms with Gasteiger partial charge in [0.2, 0.25) is 0 Å². The Kier molecular flexibility index (Phi) is 7.77. The fraction of sp³-hybridized carbons (Fsp3) is 0.471. The molecule has 6 rings (SSSR count). The SMILES string of the molecule is CC(C)(F)CN1CCc2cc(OCc3ccccc3)ccc2C1c1c(F)cc(OC2CCCC3(CNC3)C2)cc1F. The maximum absolute atomic E-state index is 15.9. The van der Waals surface area contributed by atoms with Crippen LogP contribution in [0.15, 0.2) is 60.7 Å². The van der Waals surface area contributed by atoms with Crippen LogP contribution in [0.1, 0.15) is 67.8 Å². The summed E-state index contributed by atoms with van der Waals surface area (Å²) in [6.07, 6.45) is 4.59. The van der Waals surface area contributed by atoms with Gasteiger partial charge in [-0.15, -0.1) is 0 Å². The molecular weight excluding hydrogens is 525 g/mol. The molecule has 0 amide bonds. The van der Waals surface area contributed by atoms with Crippen molar-refractivity contribution in [2.75, 3.05) is 26.2 Å². The van der Waals surface area contributed by atoms with Gasteiger partial charge in [-0.2, -0.15) is 0 Å². The van der Waals surface area contributed by atoms with Gasteiger partial charge in [-0.25, -0.2) is 13.2 Å². The van der Waals surface area contributed by atoms with Gasteiger partial charge in [0.1, 0.15) is 35.4 Å². The van der Waals surface area contributed by atoms with E-state index in [0.717, 1.165) is 49.0 Å². The second-order valence-electron chi connectivity index (χ2n) is 12.7. The van der Waals surface area contributed by atoms with Gasteiger partial charge >= 0.3 is 0 Å². The molecule has 7 heteroatoms. The van der Waals surface area contributed by atoms with Crippen molar-refractivity contribution in [2.24, 2.45) is 5.41 Å². The van der Waals surface area contributed by atoms with Gasteiger partial charge in [-0.05, 0) is 80.2 Å². The second-order valence-corrected chi connectivity index (χ2v) is 12.7. The van der Waals surface area contributed by atoms with E-state index in [1.807, 2.05) is 53.4 Å². The number of benzene rings is 3. The highest BCUT2D eigenvalue weighted by molar-refractivity contribution is 5.46. The number of ether oxygens (including phenoxy) is 2. The Bertz CT molecular complexity index is 1350. The zero-order chi connectivity index (χ0) is 28.6. The molecule has 2 fully saturated rings. The van der Waals surface area contributed by atoms with Crippen LogP contribution in [0.3, 0.4) is 0 Å². The lowest BCUT2D eigenvalue weighted by Gasteiger charge is -2.47. The summed E-state index contributed by atoms with van der Waals surface area (Å²) in [6, 6.07) is 17.4. The summed E-state index contributed by atoms with van der Waals surface area (Å²) >= 11 is 0. The first-order valence-corrected chi connectivity index (χ1v) is 14.8. The third-order valence-corrected chi connectivity index (χ3v) is 8.79. The van der Waals surface area contributed by atoms with Crippen molar-refractivity contribution >= 4 is 0 Å². The van der Waals surface area contributed by atoms with Crippen molar-refractivity contribution in [3.05, 3.63) is 94.6 Å². The summed E-state index contributed by atoms with van der Waals surface area (Å²) in [7, 11) is 0. The third-order valence-electron chi connectivity index (χ3n) is 8.79. The van der Waals surface area contributed by atoms with E-state index < -0.39 is 23.3 Å². The van der Waals surface area contributed by atoms with Gasteiger partial charge in [0.05, 0.1) is 12.1 Å². The van der Waals surface area contributed by atoms with Crippen molar-refractivity contribution in [3.63, 3.8) is 0 Å². The summed E-state index contributed by atoms with van der Waals surface area (Å²) < 4.78 is 58.9. The molecule has 1 saturated carbocycles. The van der Waals surface area contributed by atoms with E-state index >= 15 is 8.78 Å². The smallest absolute Gasteiger partial charge is 0.134 e. The van der Waals surface area contributed by atoms with Crippen LogP contribution >= 0.6 is 0 Å². The maximum atomic E-state index is 15.9. The first kappa shape index (κ1) is 28.1. The fourth-order valence-corrected chi connectivity index (χ4v) is 6.85. The van der Waals surface area contributed by atoms with Crippen LogP contribution in [0.5, 0.6) is 11.5 Å². The van der Waals surface area contributed by atoms with Crippen LogP contribution in [0.25, 0.3) is 0 Å². The van der Waals surface area contributed by atoms with Crippen LogP contribution in [-0.4, -0.2) is 42.9 Å². The van der Waals surface area contributed by atoms with Gasteiger partial charge < -0.3 is 14.8 Å². The Morgan fingerprint density at radius 1 is 1.00 bits per heavy atom. The van der Waals surface area contributed by atoms with E-state index in [1.165, 1.54) is 32.4 Å². The molecule has 2 atom stereocenters. The van der Waals surface area contributed by atoms with Crippen molar-refractivity contribution in [3.8, 4) is 11.5 Å². The quantitative estimate of drug-likeness (QED) is 0.315. The molecule has 1 spiro atoms. The highest BCUT2D eigenvalue weighted by Gasteiger charge is 2.42. The normalized spacial score (nSPS) is 22.2. The molecule has 3 aliphatic rings. The number of fused-ring (bicyclic) bond motifs is 1. The van der Waals surface area contributed by atoms with Crippen LogP contribution in [0.4, 0.5) is 13.2 Å². The molecule has 0 radical (unpaired) electrons. The average molecular weight is 565 g/mol. The minimum absolute atomic E-state index is 0.0518. The number of hydrogen-bond donors (Lipinski definition) is 1. The number of nitrogens with zero attached hydrogens (tertiary/aromatic N) is 1. The number of hydrogen-bond acceptors (Lipinski definition) is 4. The summed E-state index contributed by atoms with van der Waals surface area (Å²) in [5.74, 6) is -0.419. The standard InChI is InChI=1S/C34H39F3N2O2/c1-33(2,37)22-39-14-12-24-15-25(40-19-23-7-4-3-5-8-23)10-11-28(24)32(39)31-29(35)16-27(17-30(31)36)41-26-9-6-13-34(18-26)20-38-21-34/h3-5,7-8,10-11,15-17,26,32,38H,6,9,12-14,18-22H2,1-2H3. The zero-order valence-corrected chi connectivity index (χ0v) is 23.9. The Morgan fingerprint density at radius 2 is 1.76 bits per heavy atom. The minimum Gasteiger partial charge on any atom is -0.490 e. The lowest BCUT2D eigenvalue weighted by atomic mass is 9.69. The lowest BCUT2D eigenvalue weighted by molar-refractivity contribution is 0.0261. The van der Waals surface area contributed by atoms with Gasteiger partial charge in [0.15, 0.2) is 0 Å². The molecule has 218 valence electrons. The van der Waals surface area contributed by atoms with Crippen molar-refractivity contribution in [2.45, 2.75) is 70.4 Å². The number of alkyl halides is 1. The highest BCUT2D eigenvalue weighted by atomic mass is 19.1. The Labute approximate surface area is 240 Å². The number of rotatable bonds is 8. The van der Waals surface area contributed by atoms with E-state index in [4.69, 9.17) is 9.47 Å². The van der Waals surface area contributed by atoms with Crippen LogP contribution in [-0.2, 0) is 13.0 Å². The molecule has 0 bridgehead atoms. The largest absolute Gasteiger partial charge is 0.490 e. The van der Waals surface area contributed by atoms with Gasteiger partial charge in [-0.1, -0.05) is 36.4 Å². The molecule has 2 heterocycles. The molecule has 1 aliphatic carbocycles. The van der Waals surface area contributed by atoms with E-state index in [0.29, 0.717) is 25.3 Å². The molecule has 2 aliphatic heterocycles. The minimum atomic E-state index is -1.53. The molecule has 0 aromatic heterocycles. The molecule has 1 N–H and O–H groups in total. The monoisotopic (exact) mass is 564 g/mol. The summed E-state index contributed by atoms with van der Waals surface area (Å²) in [6.45, 7) is 5.91. The van der Waals surface area contributed by atoms with Crippen molar-refractivity contribution < 1.29 is 22.6 Å². The number of halogens is 3. The second kappa shape index (κ2) is 11.3. The zero-order valence-electron chi connectivity index (χ0n) is 23.9. The Morgan fingerprint density at radius 3 is 2.44 bits per heavy atom. The third kappa shape index (κ3) is 6.26. The lowest BCUT2D eigenvalue weighted by Crippen LogP contribution is -2.56. The summed E-state index contributed by atoms with van der Waals surface area (Å²) in [5.41, 5.74) is 1.44. The summed E-state index contributed by atoms with van der Waals surface area (Å²) in [5, 5.41) is 3.35. The van der Waals surface area contributed by atoms with Crippen LogP contribution < -0.4 is 14.8 Å². The van der Waals surface area contributed by atoms with Gasteiger partial charge in [0.25, 0.3) is 0 Å². The highest BCUT2D eigenvalue weighted by Crippen LogP contribution is 2.43. The average Bonchev–Trinajstić information content (AvgIpc) is 2.91. The maximum Gasteiger partial charge on any atom is 0.134 e. The van der Waals surface area contributed by atoms with Crippen molar-refractivity contribution in [1.82, 2.24) is 10.2 Å². The van der Waals surface area contributed by atoms with Gasteiger partial charge in [0, 0.05) is 43.9 Å². The van der Waals surface area contributed by atoms with E-state index in [1.54, 1.807) is 0 Å². The van der Waals surface area contributed by atoms with E-state index in [9.17, 15) is 4.39 Å². The fourth-order valence-electron chi connectivity index (χ4n) is 6.85. The molecule has 41 heavy (non-hydrogen) atoms. The van der Waals surface area contributed by atoms with Crippen molar-refractivity contribution in [1.29, 1.82) is 0 Å². The molecule has 2 unspecified atom stereocenters. The van der Waals surface area contributed by atoms with Crippen LogP contribution in [0, 0.1) is 17.0 Å². The Balaban J connectivity index is 1.27. The Hall–Kier alpha value is -3.03. The van der Waals surface area contributed by atoms with Gasteiger partial charge in [-0.3, -0.25) is 4.90 Å². The van der Waals surface area contributed by atoms with E-state index in [2.05, 4.69) is 5.32 Å².